The van der Waals surface area contributed by atoms with Crippen LogP contribution in [0.15, 0.2) is 0 Å². The van der Waals surface area contributed by atoms with Gasteiger partial charge in [-0.3, -0.25) is 9.58 Å². The molecule has 0 unspecified atom stereocenters. The van der Waals surface area contributed by atoms with Gasteiger partial charge in [-0.1, -0.05) is 19.1 Å². The van der Waals surface area contributed by atoms with Crippen molar-refractivity contribution in [2.75, 3.05) is 13.1 Å². The summed E-state index contributed by atoms with van der Waals surface area (Å²) in [6.45, 7) is 9.43. The van der Waals surface area contributed by atoms with Crippen molar-refractivity contribution in [3.8, 4) is 0 Å². The van der Waals surface area contributed by atoms with Crippen LogP contribution >= 0.6 is 0 Å². The maximum Gasteiger partial charge on any atom is 0.0841 e. The first-order valence-electron chi connectivity index (χ1n) is 4.76. The standard InChI is InChI=1S/C9H18N4/c1-5-13(6-2)7-9-8(3)10-11-12(9)4/h5-7H2,1-4H3. The first-order chi connectivity index (χ1) is 6.19. The van der Waals surface area contributed by atoms with E-state index in [4.69, 9.17) is 0 Å². The highest BCUT2D eigenvalue weighted by Gasteiger charge is 2.09. The molecule has 0 saturated heterocycles. The number of nitrogens with zero attached hydrogens (tertiary/aromatic N) is 4. The Balaban J connectivity index is 2.72. The quantitative estimate of drug-likeness (QED) is 0.695. The Labute approximate surface area is 79.5 Å². The van der Waals surface area contributed by atoms with Crippen LogP contribution in [0.25, 0.3) is 0 Å². The first kappa shape index (κ1) is 10.2. The molecular formula is C9H18N4. The van der Waals surface area contributed by atoms with Crippen molar-refractivity contribution >= 4 is 0 Å². The molecule has 1 aromatic rings. The summed E-state index contributed by atoms with van der Waals surface area (Å²) in [5, 5.41) is 8.00. The molecule has 0 aromatic carbocycles. The van der Waals surface area contributed by atoms with Gasteiger partial charge in [-0.05, 0) is 20.0 Å². The van der Waals surface area contributed by atoms with Gasteiger partial charge in [0, 0.05) is 13.6 Å². The fourth-order valence-corrected chi connectivity index (χ4v) is 1.36. The third kappa shape index (κ3) is 2.28. The molecule has 1 rings (SSSR count). The van der Waals surface area contributed by atoms with Crippen molar-refractivity contribution in [2.45, 2.75) is 27.3 Å². The van der Waals surface area contributed by atoms with Gasteiger partial charge in [0.15, 0.2) is 0 Å². The zero-order valence-corrected chi connectivity index (χ0v) is 8.91. The minimum absolute atomic E-state index is 0.947. The van der Waals surface area contributed by atoms with Crippen molar-refractivity contribution in [1.82, 2.24) is 19.9 Å². The van der Waals surface area contributed by atoms with Gasteiger partial charge >= 0.3 is 0 Å². The average molecular weight is 182 g/mol. The molecule has 0 aliphatic heterocycles. The smallest absolute Gasteiger partial charge is 0.0841 e. The third-order valence-electron chi connectivity index (χ3n) is 2.40. The normalized spacial score (nSPS) is 11.2. The van der Waals surface area contributed by atoms with Crippen molar-refractivity contribution in [1.29, 1.82) is 0 Å². The fraction of sp³-hybridized carbons (Fsp3) is 0.778. The van der Waals surface area contributed by atoms with Gasteiger partial charge in [0.1, 0.15) is 0 Å². The lowest BCUT2D eigenvalue weighted by atomic mass is 10.3. The van der Waals surface area contributed by atoms with Gasteiger partial charge in [-0.15, -0.1) is 5.10 Å². The molecule has 0 fully saturated rings. The van der Waals surface area contributed by atoms with Crippen LogP contribution in [0.1, 0.15) is 25.2 Å². The second-order valence-electron chi connectivity index (χ2n) is 3.21. The molecule has 0 spiro atoms. The molecule has 4 nitrogen and oxygen atoms in total. The van der Waals surface area contributed by atoms with Crippen molar-refractivity contribution < 1.29 is 0 Å². The second kappa shape index (κ2) is 4.37. The Bertz CT molecular complexity index is 243. The number of aryl methyl sites for hydroxylation is 2. The lowest BCUT2D eigenvalue weighted by molar-refractivity contribution is 0.287. The maximum atomic E-state index is 4.02. The summed E-state index contributed by atoms with van der Waals surface area (Å²) in [6.07, 6.45) is 0. The summed E-state index contributed by atoms with van der Waals surface area (Å²) in [7, 11) is 1.94. The van der Waals surface area contributed by atoms with Crippen molar-refractivity contribution in [3.63, 3.8) is 0 Å². The minimum Gasteiger partial charge on any atom is -0.298 e. The number of rotatable bonds is 4. The molecular weight excluding hydrogens is 164 g/mol. The number of hydrogen-bond acceptors (Lipinski definition) is 3. The summed E-state index contributed by atoms with van der Waals surface area (Å²) < 4.78 is 1.85. The van der Waals surface area contributed by atoms with Gasteiger partial charge in [0.25, 0.3) is 0 Å². The van der Waals surface area contributed by atoms with Crippen LogP contribution in [0.4, 0.5) is 0 Å². The Kier molecular flexibility index (Phi) is 3.42. The monoisotopic (exact) mass is 182 g/mol. The Hall–Kier alpha value is -0.900. The zero-order chi connectivity index (χ0) is 9.84. The van der Waals surface area contributed by atoms with Crippen LogP contribution in [-0.4, -0.2) is 33.0 Å². The molecule has 0 aliphatic rings. The van der Waals surface area contributed by atoms with Crippen molar-refractivity contribution in [2.24, 2.45) is 7.05 Å². The largest absolute Gasteiger partial charge is 0.298 e. The molecule has 1 heterocycles. The molecule has 4 heteroatoms. The van der Waals surface area contributed by atoms with Crippen molar-refractivity contribution in [3.05, 3.63) is 11.4 Å². The van der Waals surface area contributed by atoms with E-state index in [0.29, 0.717) is 0 Å². The van der Waals surface area contributed by atoms with Crippen LogP contribution in [0.2, 0.25) is 0 Å². The molecule has 0 bridgehead atoms. The van der Waals surface area contributed by atoms with E-state index < -0.39 is 0 Å². The molecule has 0 aliphatic carbocycles. The van der Waals surface area contributed by atoms with E-state index in [9.17, 15) is 0 Å². The average Bonchev–Trinajstić information content (AvgIpc) is 2.44. The molecule has 0 amide bonds. The van der Waals surface area contributed by atoms with E-state index in [1.807, 2.05) is 18.7 Å². The Morgan fingerprint density at radius 1 is 1.31 bits per heavy atom. The van der Waals surface area contributed by atoms with E-state index >= 15 is 0 Å². The molecule has 1 aromatic heterocycles. The second-order valence-corrected chi connectivity index (χ2v) is 3.21. The minimum atomic E-state index is 0.947. The third-order valence-corrected chi connectivity index (χ3v) is 2.40. The maximum absolute atomic E-state index is 4.02. The number of hydrogen-bond donors (Lipinski definition) is 0. The van der Waals surface area contributed by atoms with E-state index in [0.717, 1.165) is 25.3 Å². The highest BCUT2D eigenvalue weighted by Crippen LogP contribution is 2.05. The Morgan fingerprint density at radius 3 is 2.31 bits per heavy atom. The van der Waals surface area contributed by atoms with Crippen LogP contribution in [0, 0.1) is 6.92 Å². The molecule has 0 saturated carbocycles. The van der Waals surface area contributed by atoms with Gasteiger partial charge in [-0.25, -0.2) is 0 Å². The van der Waals surface area contributed by atoms with Crippen LogP contribution in [0.5, 0.6) is 0 Å². The van der Waals surface area contributed by atoms with Crippen LogP contribution in [0.3, 0.4) is 0 Å². The molecule has 13 heavy (non-hydrogen) atoms. The molecule has 0 atom stereocenters. The van der Waals surface area contributed by atoms with Gasteiger partial charge in [0.05, 0.1) is 11.4 Å². The van der Waals surface area contributed by atoms with Gasteiger partial charge in [0.2, 0.25) is 0 Å². The molecule has 0 N–H and O–H groups in total. The van der Waals surface area contributed by atoms with Crippen LogP contribution < -0.4 is 0 Å². The van der Waals surface area contributed by atoms with Gasteiger partial charge in [-0.2, -0.15) is 0 Å². The SMILES string of the molecule is CCN(CC)Cc1c(C)nnn1C. The highest BCUT2D eigenvalue weighted by atomic mass is 15.4. The van der Waals surface area contributed by atoms with E-state index in [-0.39, 0.29) is 0 Å². The summed E-state index contributed by atoms with van der Waals surface area (Å²) in [6, 6.07) is 0. The van der Waals surface area contributed by atoms with E-state index in [2.05, 4.69) is 29.1 Å². The predicted octanol–water partition coefficient (Wildman–Crippen LogP) is 0.965. The number of aromatic nitrogens is 3. The molecule has 0 radical (unpaired) electrons. The summed E-state index contributed by atoms with van der Waals surface area (Å²) in [4.78, 5) is 2.35. The Morgan fingerprint density at radius 2 is 1.92 bits per heavy atom. The van der Waals surface area contributed by atoms with Gasteiger partial charge < -0.3 is 0 Å². The van der Waals surface area contributed by atoms with E-state index in [1.54, 1.807) is 0 Å². The summed E-state index contributed by atoms with van der Waals surface area (Å²) >= 11 is 0. The van der Waals surface area contributed by atoms with E-state index in [1.165, 1.54) is 5.69 Å². The first-order valence-corrected chi connectivity index (χ1v) is 4.76. The zero-order valence-electron chi connectivity index (χ0n) is 8.91. The summed E-state index contributed by atoms with van der Waals surface area (Å²) in [5.41, 5.74) is 2.25. The lowest BCUT2D eigenvalue weighted by Crippen LogP contribution is -2.24. The molecule has 74 valence electrons. The summed E-state index contributed by atoms with van der Waals surface area (Å²) in [5.74, 6) is 0. The van der Waals surface area contributed by atoms with Crippen LogP contribution in [-0.2, 0) is 13.6 Å². The topological polar surface area (TPSA) is 34.0 Å². The fourth-order valence-electron chi connectivity index (χ4n) is 1.36. The lowest BCUT2D eigenvalue weighted by Gasteiger charge is -2.17. The predicted molar refractivity (Wildman–Crippen MR) is 52.4 cm³/mol. The highest BCUT2D eigenvalue weighted by molar-refractivity contribution is 5.07.